The van der Waals surface area contributed by atoms with Gasteiger partial charge in [-0.25, -0.2) is 4.79 Å². The van der Waals surface area contributed by atoms with Crippen molar-refractivity contribution in [1.82, 2.24) is 4.90 Å². The van der Waals surface area contributed by atoms with E-state index in [-0.39, 0.29) is 17.0 Å². The fourth-order valence-corrected chi connectivity index (χ4v) is 4.05. The Hall–Kier alpha value is -2.87. The summed E-state index contributed by atoms with van der Waals surface area (Å²) in [6.07, 6.45) is 0. The maximum Gasteiger partial charge on any atom is 0.341 e. The fourth-order valence-electron chi connectivity index (χ4n) is 2.81. The van der Waals surface area contributed by atoms with Crippen molar-refractivity contribution in [3.8, 4) is 17.2 Å². The lowest BCUT2D eigenvalue weighted by Crippen LogP contribution is -2.30. The van der Waals surface area contributed by atoms with Gasteiger partial charge < -0.3 is 24.6 Å². The lowest BCUT2D eigenvalue weighted by Gasteiger charge is -2.24. The number of rotatable bonds is 6. The van der Waals surface area contributed by atoms with E-state index in [9.17, 15) is 14.7 Å². The molecule has 1 unspecified atom stereocenters. The van der Waals surface area contributed by atoms with Gasteiger partial charge in [-0.3, -0.25) is 4.79 Å². The minimum Gasteiger partial charge on any atom is -0.504 e. The molecule has 1 aliphatic rings. The largest absolute Gasteiger partial charge is 0.504 e. The summed E-state index contributed by atoms with van der Waals surface area (Å²) in [6.45, 7) is 0.176. The van der Waals surface area contributed by atoms with E-state index < -0.39 is 12.6 Å². The molecule has 1 saturated heterocycles. The van der Waals surface area contributed by atoms with Crippen molar-refractivity contribution in [3.63, 3.8) is 0 Å². The Kier molecular flexibility index (Phi) is 5.75. The van der Waals surface area contributed by atoms with E-state index >= 15 is 0 Å². The lowest BCUT2D eigenvalue weighted by atomic mass is 10.1. The molecular formula is C19H19NO6S. The van der Waals surface area contributed by atoms with Crippen LogP contribution in [0.4, 0.5) is 0 Å². The first-order valence-corrected chi connectivity index (χ1v) is 9.28. The maximum atomic E-state index is 12.9. The van der Waals surface area contributed by atoms with Crippen LogP contribution in [0.15, 0.2) is 42.5 Å². The van der Waals surface area contributed by atoms with Crippen LogP contribution in [0.3, 0.4) is 0 Å². The Morgan fingerprint density at radius 3 is 2.63 bits per heavy atom. The van der Waals surface area contributed by atoms with Crippen LogP contribution in [-0.4, -0.2) is 53.0 Å². The van der Waals surface area contributed by atoms with Gasteiger partial charge >= 0.3 is 5.97 Å². The summed E-state index contributed by atoms with van der Waals surface area (Å²) in [5.74, 6) is 0.438. The Morgan fingerprint density at radius 1 is 1.22 bits per heavy atom. The van der Waals surface area contributed by atoms with Crippen molar-refractivity contribution < 1.29 is 29.3 Å². The first-order chi connectivity index (χ1) is 13.0. The third-order valence-electron chi connectivity index (χ3n) is 4.10. The van der Waals surface area contributed by atoms with Gasteiger partial charge in [-0.05, 0) is 42.0 Å². The van der Waals surface area contributed by atoms with Gasteiger partial charge in [0.15, 0.2) is 18.1 Å². The zero-order valence-electron chi connectivity index (χ0n) is 14.6. The summed E-state index contributed by atoms with van der Waals surface area (Å²) < 4.78 is 10.2. The van der Waals surface area contributed by atoms with E-state index in [1.165, 1.54) is 7.11 Å². The van der Waals surface area contributed by atoms with Crippen molar-refractivity contribution in [1.29, 1.82) is 0 Å². The Morgan fingerprint density at radius 2 is 1.96 bits per heavy atom. The number of nitrogens with zero attached hydrogens (tertiary/aromatic N) is 1. The number of aliphatic carboxylic acids is 1. The first kappa shape index (κ1) is 18.9. The molecule has 1 aliphatic heterocycles. The average molecular weight is 389 g/mol. The van der Waals surface area contributed by atoms with Crippen LogP contribution in [0.1, 0.15) is 21.3 Å². The number of amides is 1. The molecule has 0 bridgehead atoms. The SMILES string of the molecule is COc1cc(C2SCCN2C(=O)c2ccc(OCC(=O)O)cc2)ccc1O. The number of methoxy groups -OCH3 is 1. The number of phenolic OH excluding ortho intramolecular Hbond substituents is 1. The highest BCUT2D eigenvalue weighted by atomic mass is 32.2. The number of benzene rings is 2. The maximum absolute atomic E-state index is 12.9. The van der Waals surface area contributed by atoms with Crippen LogP contribution in [0.5, 0.6) is 17.2 Å². The number of carboxylic acid groups (broad SMARTS) is 1. The molecule has 142 valence electrons. The number of hydrogen-bond acceptors (Lipinski definition) is 6. The normalized spacial score (nSPS) is 16.2. The second-order valence-electron chi connectivity index (χ2n) is 5.86. The molecule has 1 fully saturated rings. The number of ether oxygens (including phenoxy) is 2. The van der Waals surface area contributed by atoms with E-state index in [0.29, 0.717) is 23.6 Å². The molecule has 2 aromatic carbocycles. The number of carboxylic acids is 1. The molecule has 8 heteroatoms. The van der Waals surface area contributed by atoms with Crippen LogP contribution in [0.25, 0.3) is 0 Å². The predicted octanol–water partition coefficient (Wildman–Crippen LogP) is 2.75. The molecule has 0 saturated carbocycles. The third-order valence-corrected chi connectivity index (χ3v) is 5.37. The molecule has 7 nitrogen and oxygen atoms in total. The summed E-state index contributed by atoms with van der Waals surface area (Å²) in [6, 6.07) is 11.5. The van der Waals surface area contributed by atoms with E-state index in [2.05, 4.69) is 0 Å². The molecule has 3 rings (SSSR count). The molecule has 1 amide bonds. The lowest BCUT2D eigenvalue weighted by molar-refractivity contribution is -0.139. The van der Waals surface area contributed by atoms with Crippen molar-refractivity contribution in [2.75, 3.05) is 26.0 Å². The summed E-state index contributed by atoms with van der Waals surface area (Å²) >= 11 is 1.64. The number of carbonyl (C=O) groups is 2. The zero-order valence-corrected chi connectivity index (χ0v) is 15.4. The van der Waals surface area contributed by atoms with E-state index in [4.69, 9.17) is 14.6 Å². The fraction of sp³-hybridized carbons (Fsp3) is 0.263. The molecule has 2 N–H and O–H groups in total. The third kappa shape index (κ3) is 4.28. The molecule has 0 radical (unpaired) electrons. The Bertz CT molecular complexity index is 839. The van der Waals surface area contributed by atoms with E-state index in [1.807, 2.05) is 0 Å². The molecule has 27 heavy (non-hydrogen) atoms. The van der Waals surface area contributed by atoms with Gasteiger partial charge in [-0.1, -0.05) is 6.07 Å². The van der Waals surface area contributed by atoms with Gasteiger partial charge in [0.1, 0.15) is 11.1 Å². The van der Waals surface area contributed by atoms with Crippen LogP contribution in [0, 0.1) is 0 Å². The average Bonchev–Trinajstić information content (AvgIpc) is 3.16. The summed E-state index contributed by atoms with van der Waals surface area (Å²) in [7, 11) is 1.48. The minimum absolute atomic E-state index is 0.0547. The quantitative estimate of drug-likeness (QED) is 0.784. The van der Waals surface area contributed by atoms with E-state index in [0.717, 1.165) is 11.3 Å². The molecule has 0 aliphatic carbocycles. The molecule has 0 spiro atoms. The smallest absolute Gasteiger partial charge is 0.341 e. The molecule has 1 heterocycles. The first-order valence-electron chi connectivity index (χ1n) is 8.23. The molecule has 2 aromatic rings. The summed E-state index contributed by atoms with van der Waals surface area (Å²) in [5.41, 5.74) is 1.37. The summed E-state index contributed by atoms with van der Waals surface area (Å²) in [4.78, 5) is 25.2. The molecule has 0 aromatic heterocycles. The standard InChI is InChI=1S/C19H19NO6S/c1-25-16-10-13(4-7-15(16)21)19-20(8-9-27-19)18(24)12-2-5-14(6-3-12)26-11-17(22)23/h2-7,10,19,21H,8-9,11H2,1H3,(H,22,23). The highest BCUT2D eigenvalue weighted by Gasteiger charge is 2.31. The number of thioether (sulfide) groups is 1. The van der Waals surface area contributed by atoms with Crippen molar-refractivity contribution in [2.45, 2.75) is 5.37 Å². The van der Waals surface area contributed by atoms with E-state index in [1.54, 1.807) is 59.1 Å². The highest BCUT2D eigenvalue weighted by Crippen LogP contribution is 2.41. The monoisotopic (exact) mass is 389 g/mol. The molecular weight excluding hydrogens is 370 g/mol. The number of aromatic hydroxyl groups is 1. The van der Waals surface area contributed by atoms with Gasteiger partial charge in [-0.15, -0.1) is 11.8 Å². The van der Waals surface area contributed by atoms with Crippen LogP contribution < -0.4 is 9.47 Å². The number of carbonyl (C=O) groups excluding carboxylic acids is 1. The van der Waals surface area contributed by atoms with Crippen molar-refractivity contribution >= 4 is 23.6 Å². The number of phenols is 1. The van der Waals surface area contributed by atoms with Gasteiger partial charge in [0.2, 0.25) is 0 Å². The second kappa shape index (κ2) is 8.22. The van der Waals surface area contributed by atoms with Crippen molar-refractivity contribution in [3.05, 3.63) is 53.6 Å². The predicted molar refractivity (Wildman–Crippen MR) is 100 cm³/mol. The van der Waals surface area contributed by atoms with Crippen LogP contribution >= 0.6 is 11.8 Å². The second-order valence-corrected chi connectivity index (χ2v) is 7.05. The molecule has 1 atom stereocenters. The van der Waals surface area contributed by atoms with Gasteiger partial charge in [0.05, 0.1) is 7.11 Å². The zero-order chi connectivity index (χ0) is 19.4. The summed E-state index contributed by atoms with van der Waals surface area (Å²) in [5, 5.41) is 18.2. The van der Waals surface area contributed by atoms with Crippen molar-refractivity contribution in [2.24, 2.45) is 0 Å². The van der Waals surface area contributed by atoms with Gasteiger partial charge in [-0.2, -0.15) is 0 Å². The van der Waals surface area contributed by atoms with Crippen LogP contribution in [0.2, 0.25) is 0 Å². The number of hydrogen-bond donors (Lipinski definition) is 2. The Balaban J connectivity index is 1.76. The topological polar surface area (TPSA) is 96.3 Å². The van der Waals surface area contributed by atoms with Gasteiger partial charge in [0, 0.05) is 17.9 Å². The Labute approximate surface area is 160 Å². The minimum atomic E-state index is -1.06. The highest BCUT2D eigenvalue weighted by molar-refractivity contribution is 7.99. The van der Waals surface area contributed by atoms with Gasteiger partial charge in [0.25, 0.3) is 5.91 Å². The van der Waals surface area contributed by atoms with Crippen LogP contribution in [-0.2, 0) is 4.79 Å².